The predicted molar refractivity (Wildman–Crippen MR) is 111 cm³/mol. The maximum atomic E-state index is 13.4. The molecule has 4 N–H and O–H groups in total. The third kappa shape index (κ3) is 4.38. The lowest BCUT2D eigenvalue weighted by atomic mass is 10.1. The van der Waals surface area contributed by atoms with Crippen molar-refractivity contribution in [3.8, 4) is 22.6 Å². The van der Waals surface area contributed by atoms with Gasteiger partial charge in [0, 0.05) is 18.3 Å². The summed E-state index contributed by atoms with van der Waals surface area (Å²) in [4.78, 5) is 16.7. The van der Waals surface area contributed by atoms with Gasteiger partial charge < -0.3 is 25.5 Å². The molecule has 0 aliphatic carbocycles. The fourth-order valence-electron chi connectivity index (χ4n) is 3.03. The van der Waals surface area contributed by atoms with Gasteiger partial charge in [0.1, 0.15) is 5.82 Å². The number of aromatic amines is 1. The zero-order valence-electron chi connectivity index (χ0n) is 16.6. The monoisotopic (exact) mass is 410 g/mol. The zero-order chi connectivity index (χ0) is 21.1. The van der Waals surface area contributed by atoms with Crippen LogP contribution in [0, 0.1) is 5.82 Å². The number of benzene rings is 1. The number of ether oxygens (including phenoxy) is 2. The Kier molecular flexibility index (Phi) is 5.58. The molecule has 0 unspecified atom stereocenters. The average molecular weight is 410 g/mol. The second kappa shape index (κ2) is 8.31. The smallest absolute Gasteiger partial charge is 0.223 e. The molecular weight excluding hydrogens is 387 g/mol. The normalized spacial score (nSPS) is 21.4. The van der Waals surface area contributed by atoms with Crippen LogP contribution in [0.1, 0.15) is 19.0 Å². The molecule has 156 valence electrons. The number of anilines is 1. The summed E-state index contributed by atoms with van der Waals surface area (Å²) in [6, 6.07) is 7.87. The molecule has 0 spiro atoms. The molecule has 8 nitrogen and oxygen atoms in total. The van der Waals surface area contributed by atoms with E-state index in [0.29, 0.717) is 48.6 Å². The SMILES string of the molecule is C=CCNc1nccc(-c2[nH]c(C3OCC(C)(N)CO3)nc2-c2ccc(F)cc2)n1. The summed E-state index contributed by atoms with van der Waals surface area (Å²) in [5.74, 6) is 0.617. The van der Waals surface area contributed by atoms with Crippen molar-refractivity contribution in [3.05, 3.63) is 60.8 Å². The maximum absolute atomic E-state index is 13.4. The lowest BCUT2D eigenvalue weighted by Crippen LogP contribution is -2.50. The van der Waals surface area contributed by atoms with E-state index in [-0.39, 0.29) is 5.82 Å². The van der Waals surface area contributed by atoms with Gasteiger partial charge in [0.05, 0.1) is 35.8 Å². The van der Waals surface area contributed by atoms with Gasteiger partial charge in [0.15, 0.2) is 5.82 Å². The van der Waals surface area contributed by atoms with Crippen LogP contribution in [0.25, 0.3) is 22.6 Å². The molecule has 2 aromatic heterocycles. The van der Waals surface area contributed by atoms with E-state index in [4.69, 9.17) is 15.2 Å². The van der Waals surface area contributed by atoms with Gasteiger partial charge >= 0.3 is 0 Å². The molecule has 3 heterocycles. The Hall–Kier alpha value is -3.14. The number of H-pyrrole nitrogens is 1. The first-order valence-corrected chi connectivity index (χ1v) is 9.51. The first kappa shape index (κ1) is 20.1. The molecule has 1 fully saturated rings. The van der Waals surface area contributed by atoms with Crippen molar-refractivity contribution >= 4 is 5.95 Å². The largest absolute Gasteiger partial charge is 0.351 e. The summed E-state index contributed by atoms with van der Waals surface area (Å²) in [5.41, 5.74) is 8.11. The summed E-state index contributed by atoms with van der Waals surface area (Å²) < 4.78 is 25.0. The summed E-state index contributed by atoms with van der Waals surface area (Å²) in [5, 5.41) is 3.06. The van der Waals surface area contributed by atoms with Gasteiger partial charge in [-0.25, -0.2) is 19.3 Å². The second-order valence-corrected chi connectivity index (χ2v) is 7.40. The van der Waals surface area contributed by atoms with Crippen LogP contribution in [0.5, 0.6) is 0 Å². The Morgan fingerprint density at radius 3 is 2.70 bits per heavy atom. The van der Waals surface area contributed by atoms with Gasteiger partial charge in [-0.2, -0.15) is 0 Å². The second-order valence-electron chi connectivity index (χ2n) is 7.40. The van der Waals surface area contributed by atoms with E-state index < -0.39 is 11.8 Å². The molecule has 0 bridgehead atoms. The number of nitrogens with two attached hydrogens (primary N) is 1. The van der Waals surface area contributed by atoms with Crippen molar-refractivity contribution in [2.75, 3.05) is 25.1 Å². The van der Waals surface area contributed by atoms with Crippen LogP contribution < -0.4 is 11.1 Å². The number of aromatic nitrogens is 4. The first-order chi connectivity index (χ1) is 14.4. The quantitative estimate of drug-likeness (QED) is 0.536. The molecule has 30 heavy (non-hydrogen) atoms. The van der Waals surface area contributed by atoms with Gasteiger partial charge in [-0.1, -0.05) is 6.08 Å². The molecule has 1 aromatic carbocycles. The highest BCUT2D eigenvalue weighted by Gasteiger charge is 2.32. The lowest BCUT2D eigenvalue weighted by Gasteiger charge is -2.33. The highest BCUT2D eigenvalue weighted by atomic mass is 19.1. The number of halogens is 1. The first-order valence-electron chi connectivity index (χ1n) is 9.51. The maximum Gasteiger partial charge on any atom is 0.223 e. The average Bonchev–Trinajstić information content (AvgIpc) is 3.18. The Labute approximate surface area is 173 Å². The molecule has 4 rings (SSSR count). The lowest BCUT2D eigenvalue weighted by molar-refractivity contribution is -0.211. The summed E-state index contributed by atoms with van der Waals surface area (Å²) >= 11 is 0. The van der Waals surface area contributed by atoms with E-state index in [2.05, 4.69) is 31.8 Å². The van der Waals surface area contributed by atoms with Crippen molar-refractivity contribution in [2.45, 2.75) is 18.8 Å². The standard InChI is InChI=1S/C21H23FN6O2/c1-3-9-24-20-25-10-8-15(26-20)17-16(13-4-6-14(22)7-5-13)27-18(28-17)19-29-11-21(2,23)12-30-19/h3-8,10,19H,1,9,11-12,23H2,2H3,(H,27,28)(H,24,25,26). The van der Waals surface area contributed by atoms with Gasteiger partial charge in [0.2, 0.25) is 12.2 Å². The zero-order valence-corrected chi connectivity index (χ0v) is 16.6. The van der Waals surface area contributed by atoms with Gasteiger partial charge in [-0.05, 0) is 37.3 Å². The van der Waals surface area contributed by atoms with E-state index in [1.807, 2.05) is 6.92 Å². The van der Waals surface area contributed by atoms with Gasteiger partial charge in [0.25, 0.3) is 0 Å². The molecule has 0 amide bonds. The molecule has 1 aliphatic heterocycles. The van der Waals surface area contributed by atoms with Crippen molar-refractivity contribution in [1.82, 2.24) is 19.9 Å². The Morgan fingerprint density at radius 1 is 1.27 bits per heavy atom. The van der Waals surface area contributed by atoms with E-state index in [9.17, 15) is 4.39 Å². The number of hydrogen-bond donors (Lipinski definition) is 3. The fraction of sp³-hybridized carbons (Fsp3) is 0.286. The summed E-state index contributed by atoms with van der Waals surface area (Å²) in [6.45, 7) is 6.75. The molecule has 0 atom stereocenters. The summed E-state index contributed by atoms with van der Waals surface area (Å²) in [7, 11) is 0. The van der Waals surface area contributed by atoms with Crippen LogP contribution >= 0.6 is 0 Å². The van der Waals surface area contributed by atoms with E-state index >= 15 is 0 Å². The number of rotatable bonds is 6. The number of nitrogens with one attached hydrogen (secondary N) is 2. The van der Waals surface area contributed by atoms with Crippen LogP contribution in [0.15, 0.2) is 49.2 Å². The number of nitrogens with zero attached hydrogens (tertiary/aromatic N) is 3. The minimum Gasteiger partial charge on any atom is -0.351 e. The van der Waals surface area contributed by atoms with Crippen LogP contribution in [0.3, 0.4) is 0 Å². The number of hydrogen-bond acceptors (Lipinski definition) is 7. The van der Waals surface area contributed by atoms with E-state index in [1.54, 1.807) is 30.5 Å². The van der Waals surface area contributed by atoms with Crippen LogP contribution in [-0.2, 0) is 9.47 Å². The van der Waals surface area contributed by atoms with E-state index in [0.717, 1.165) is 5.56 Å². The van der Waals surface area contributed by atoms with Crippen molar-refractivity contribution in [3.63, 3.8) is 0 Å². The van der Waals surface area contributed by atoms with Gasteiger partial charge in [-0.3, -0.25) is 0 Å². The molecular formula is C21H23FN6O2. The minimum atomic E-state index is -0.685. The molecule has 0 radical (unpaired) electrons. The molecule has 1 aliphatic rings. The van der Waals surface area contributed by atoms with Crippen molar-refractivity contribution in [2.24, 2.45) is 5.73 Å². The minimum absolute atomic E-state index is 0.324. The Bertz CT molecular complexity index is 1020. The van der Waals surface area contributed by atoms with Crippen molar-refractivity contribution < 1.29 is 13.9 Å². The molecule has 3 aromatic rings. The highest BCUT2D eigenvalue weighted by Crippen LogP contribution is 2.33. The third-order valence-electron chi connectivity index (χ3n) is 4.51. The van der Waals surface area contributed by atoms with E-state index in [1.165, 1.54) is 12.1 Å². The van der Waals surface area contributed by atoms with Crippen molar-refractivity contribution in [1.29, 1.82) is 0 Å². The third-order valence-corrected chi connectivity index (χ3v) is 4.51. The number of imidazole rings is 1. The molecule has 0 saturated carbocycles. The Balaban J connectivity index is 1.73. The van der Waals surface area contributed by atoms with Crippen LogP contribution in [0.2, 0.25) is 0 Å². The predicted octanol–water partition coefficient (Wildman–Crippen LogP) is 3.03. The fourth-order valence-corrected chi connectivity index (χ4v) is 3.03. The molecule has 1 saturated heterocycles. The Morgan fingerprint density at radius 2 is 2.00 bits per heavy atom. The van der Waals surface area contributed by atoms with Crippen LogP contribution in [0.4, 0.5) is 10.3 Å². The topological polar surface area (TPSA) is 111 Å². The summed E-state index contributed by atoms with van der Waals surface area (Å²) in [6.07, 6.45) is 2.68. The van der Waals surface area contributed by atoms with Crippen LogP contribution in [-0.4, -0.2) is 45.2 Å². The highest BCUT2D eigenvalue weighted by molar-refractivity contribution is 5.77. The van der Waals surface area contributed by atoms with Gasteiger partial charge in [-0.15, -0.1) is 6.58 Å². The molecule has 9 heteroatoms.